The number of hydrogen-bond donors (Lipinski definition) is 1. The highest BCUT2D eigenvalue weighted by Crippen LogP contribution is 2.28. The van der Waals surface area contributed by atoms with Gasteiger partial charge in [0.1, 0.15) is 11.5 Å². The SMILES string of the molecule is CCCCc1nc(Cl)c(C(=O)NS(C)(=O)=O)n1Cc1csc2ccccc12. The molecule has 0 aliphatic carbocycles. The number of halogens is 1. The second kappa shape index (κ2) is 8.00. The maximum atomic E-state index is 12.5. The molecule has 9 heteroatoms. The number of rotatable bonds is 7. The number of nitrogens with zero attached hydrogens (tertiary/aromatic N) is 2. The molecular formula is C18H20ClN3O3S2. The number of carbonyl (C=O) groups is 1. The number of sulfonamides is 1. The molecule has 2 heterocycles. The summed E-state index contributed by atoms with van der Waals surface area (Å²) in [6.45, 7) is 2.47. The van der Waals surface area contributed by atoms with Crippen LogP contribution in [0.4, 0.5) is 0 Å². The van der Waals surface area contributed by atoms with Gasteiger partial charge in [0.25, 0.3) is 5.91 Å². The summed E-state index contributed by atoms with van der Waals surface area (Å²) in [6.07, 6.45) is 3.45. The van der Waals surface area contributed by atoms with Crippen LogP contribution in [0.15, 0.2) is 29.6 Å². The fourth-order valence-corrected chi connectivity index (χ4v) is 4.59. The Morgan fingerprint density at radius 2 is 2.07 bits per heavy atom. The molecule has 0 spiro atoms. The highest BCUT2D eigenvalue weighted by molar-refractivity contribution is 7.89. The number of imidazole rings is 1. The van der Waals surface area contributed by atoms with Gasteiger partial charge >= 0.3 is 0 Å². The monoisotopic (exact) mass is 425 g/mol. The second-order valence-electron chi connectivity index (χ2n) is 6.32. The summed E-state index contributed by atoms with van der Waals surface area (Å²) in [5.74, 6) is -0.0898. The van der Waals surface area contributed by atoms with E-state index in [0.717, 1.165) is 34.7 Å². The first-order valence-corrected chi connectivity index (χ1v) is 11.7. The maximum absolute atomic E-state index is 12.5. The van der Waals surface area contributed by atoms with Crippen LogP contribution in [0.3, 0.4) is 0 Å². The number of unbranched alkanes of at least 4 members (excludes halogenated alkanes) is 1. The molecule has 1 N–H and O–H groups in total. The standard InChI is InChI=1S/C18H20ClN3O3S2/c1-3-4-9-15-20-17(19)16(18(23)21-27(2,24)25)22(15)10-12-11-26-14-8-6-5-7-13(12)14/h5-8,11H,3-4,9-10H2,1-2H3,(H,21,23). The van der Waals surface area contributed by atoms with Gasteiger partial charge in [-0.25, -0.2) is 18.1 Å². The van der Waals surface area contributed by atoms with Crippen LogP contribution in [0.2, 0.25) is 5.15 Å². The molecule has 0 unspecified atom stereocenters. The molecule has 0 radical (unpaired) electrons. The summed E-state index contributed by atoms with van der Waals surface area (Å²) in [4.78, 5) is 16.9. The van der Waals surface area contributed by atoms with Crippen LogP contribution in [-0.2, 0) is 23.0 Å². The number of thiophene rings is 1. The molecule has 1 amide bonds. The van der Waals surface area contributed by atoms with Crippen LogP contribution < -0.4 is 4.72 Å². The Kier molecular flexibility index (Phi) is 5.88. The van der Waals surface area contributed by atoms with Crippen molar-refractivity contribution in [1.29, 1.82) is 0 Å². The summed E-state index contributed by atoms with van der Waals surface area (Å²) in [6, 6.07) is 8.02. The topological polar surface area (TPSA) is 81.1 Å². The van der Waals surface area contributed by atoms with Crippen LogP contribution in [0.25, 0.3) is 10.1 Å². The third-order valence-corrected chi connectivity index (χ3v) is 5.97. The Morgan fingerprint density at radius 1 is 1.33 bits per heavy atom. The first kappa shape index (κ1) is 19.9. The van der Waals surface area contributed by atoms with Crippen molar-refractivity contribution in [2.45, 2.75) is 32.7 Å². The van der Waals surface area contributed by atoms with E-state index in [4.69, 9.17) is 11.6 Å². The lowest BCUT2D eigenvalue weighted by Crippen LogP contribution is -2.31. The van der Waals surface area contributed by atoms with Crippen molar-refractivity contribution in [3.63, 3.8) is 0 Å². The molecule has 0 aliphatic heterocycles. The van der Waals surface area contributed by atoms with Crippen LogP contribution >= 0.6 is 22.9 Å². The van der Waals surface area contributed by atoms with Crippen LogP contribution in [0.5, 0.6) is 0 Å². The van der Waals surface area contributed by atoms with E-state index in [1.54, 1.807) is 15.9 Å². The second-order valence-corrected chi connectivity index (χ2v) is 9.34. The number of amides is 1. The Balaban J connectivity index is 2.06. The summed E-state index contributed by atoms with van der Waals surface area (Å²) >= 11 is 7.85. The number of hydrogen-bond acceptors (Lipinski definition) is 5. The summed E-state index contributed by atoms with van der Waals surface area (Å²) in [7, 11) is -3.71. The third-order valence-electron chi connectivity index (χ3n) is 4.14. The van der Waals surface area contributed by atoms with E-state index in [2.05, 4.69) is 11.9 Å². The van der Waals surface area contributed by atoms with Gasteiger partial charge in [-0.15, -0.1) is 11.3 Å². The van der Waals surface area contributed by atoms with Gasteiger partial charge in [-0.1, -0.05) is 43.1 Å². The molecule has 3 aromatic rings. The first-order valence-electron chi connectivity index (χ1n) is 8.52. The molecule has 6 nitrogen and oxygen atoms in total. The van der Waals surface area contributed by atoms with Gasteiger partial charge in [-0.3, -0.25) is 4.79 Å². The number of benzene rings is 1. The Labute approximate surface area is 167 Å². The zero-order valence-electron chi connectivity index (χ0n) is 15.0. The molecule has 27 heavy (non-hydrogen) atoms. The lowest BCUT2D eigenvalue weighted by molar-refractivity contribution is 0.0973. The molecule has 0 saturated heterocycles. The van der Waals surface area contributed by atoms with E-state index in [9.17, 15) is 13.2 Å². The van der Waals surface area contributed by atoms with Crippen LogP contribution in [-0.4, -0.2) is 30.1 Å². The van der Waals surface area contributed by atoms with E-state index in [1.165, 1.54) is 0 Å². The quantitative estimate of drug-likeness (QED) is 0.623. The van der Waals surface area contributed by atoms with Gasteiger partial charge < -0.3 is 4.57 Å². The molecule has 0 bridgehead atoms. The van der Waals surface area contributed by atoms with Crippen molar-refractivity contribution in [1.82, 2.24) is 14.3 Å². The van der Waals surface area contributed by atoms with Crippen molar-refractivity contribution in [3.8, 4) is 0 Å². The van der Waals surface area contributed by atoms with Gasteiger partial charge in [0, 0.05) is 11.1 Å². The number of carbonyl (C=O) groups excluding carboxylic acids is 1. The van der Waals surface area contributed by atoms with E-state index in [0.29, 0.717) is 18.8 Å². The van der Waals surface area contributed by atoms with E-state index in [1.807, 2.05) is 34.4 Å². The zero-order valence-corrected chi connectivity index (χ0v) is 17.4. The molecule has 2 aromatic heterocycles. The van der Waals surface area contributed by atoms with Crippen molar-refractivity contribution in [2.24, 2.45) is 0 Å². The van der Waals surface area contributed by atoms with Gasteiger partial charge in [0.2, 0.25) is 10.0 Å². The first-order chi connectivity index (χ1) is 12.8. The molecule has 3 rings (SSSR count). The highest BCUT2D eigenvalue weighted by atomic mass is 35.5. The van der Waals surface area contributed by atoms with E-state index < -0.39 is 15.9 Å². The van der Waals surface area contributed by atoms with Crippen molar-refractivity contribution in [3.05, 3.63) is 51.9 Å². The fraction of sp³-hybridized carbons (Fsp3) is 0.333. The van der Waals surface area contributed by atoms with Crippen molar-refractivity contribution < 1.29 is 13.2 Å². The molecule has 0 aliphatic rings. The molecule has 1 aromatic carbocycles. The zero-order chi connectivity index (χ0) is 19.6. The van der Waals surface area contributed by atoms with Crippen molar-refractivity contribution >= 4 is 49.0 Å². The van der Waals surface area contributed by atoms with Crippen molar-refractivity contribution in [2.75, 3.05) is 6.26 Å². The number of nitrogens with one attached hydrogen (secondary N) is 1. The predicted molar refractivity (Wildman–Crippen MR) is 109 cm³/mol. The molecule has 0 fully saturated rings. The van der Waals surface area contributed by atoms with Gasteiger partial charge in [0.05, 0.1) is 12.8 Å². The maximum Gasteiger partial charge on any atom is 0.284 e. The summed E-state index contributed by atoms with van der Waals surface area (Å²) in [5, 5.41) is 3.16. The Hall–Kier alpha value is -1.90. The predicted octanol–water partition coefficient (Wildman–Crippen LogP) is 3.83. The number of fused-ring (bicyclic) bond motifs is 1. The fourth-order valence-electron chi connectivity index (χ4n) is 2.92. The van der Waals surface area contributed by atoms with E-state index >= 15 is 0 Å². The Bertz CT molecular complexity index is 1090. The lowest BCUT2D eigenvalue weighted by Gasteiger charge is -2.11. The Morgan fingerprint density at radius 3 is 2.78 bits per heavy atom. The number of aryl methyl sites for hydroxylation is 1. The molecular weight excluding hydrogens is 406 g/mol. The smallest absolute Gasteiger partial charge is 0.284 e. The minimum Gasteiger partial charge on any atom is -0.318 e. The average molecular weight is 426 g/mol. The van der Waals surface area contributed by atoms with Crippen LogP contribution in [0.1, 0.15) is 41.6 Å². The minimum atomic E-state index is -3.71. The molecule has 0 saturated carbocycles. The molecule has 0 atom stereocenters. The van der Waals surface area contributed by atoms with Gasteiger partial charge in [-0.05, 0) is 28.8 Å². The highest BCUT2D eigenvalue weighted by Gasteiger charge is 2.24. The summed E-state index contributed by atoms with van der Waals surface area (Å²) in [5.41, 5.74) is 1.11. The third kappa shape index (κ3) is 4.51. The largest absolute Gasteiger partial charge is 0.318 e. The lowest BCUT2D eigenvalue weighted by atomic mass is 10.1. The van der Waals surface area contributed by atoms with E-state index in [-0.39, 0.29) is 10.8 Å². The average Bonchev–Trinajstić information content (AvgIpc) is 3.13. The number of aromatic nitrogens is 2. The van der Waals surface area contributed by atoms with Crippen LogP contribution in [0, 0.1) is 0 Å². The van der Waals surface area contributed by atoms with Gasteiger partial charge in [-0.2, -0.15) is 0 Å². The normalized spacial score (nSPS) is 11.8. The minimum absolute atomic E-state index is 0.0155. The summed E-state index contributed by atoms with van der Waals surface area (Å²) < 4.78 is 27.9. The van der Waals surface area contributed by atoms with Gasteiger partial charge in [0.15, 0.2) is 5.15 Å². The molecule has 144 valence electrons.